The molecular weight excluding hydrogens is 370 g/mol. The Bertz CT molecular complexity index is 875. The van der Waals surface area contributed by atoms with Gasteiger partial charge in [0.1, 0.15) is 0 Å². The summed E-state index contributed by atoms with van der Waals surface area (Å²) in [5.41, 5.74) is 2.65. The van der Waals surface area contributed by atoms with Gasteiger partial charge in [-0.25, -0.2) is 4.68 Å². The van der Waals surface area contributed by atoms with Gasteiger partial charge in [0.05, 0.1) is 31.9 Å². The quantitative estimate of drug-likeness (QED) is 0.778. The SMILES string of the molecule is Cc1ccccc1Cn1cc(C(=O)N2CCC[C@H](C(=O)N3CCOCC3)C2)nn1. The van der Waals surface area contributed by atoms with E-state index in [1.54, 1.807) is 15.8 Å². The molecule has 0 saturated carbocycles. The van der Waals surface area contributed by atoms with Crippen LogP contribution >= 0.6 is 0 Å². The van der Waals surface area contributed by atoms with Crippen LogP contribution in [0, 0.1) is 12.8 Å². The van der Waals surface area contributed by atoms with Crippen molar-refractivity contribution in [3.63, 3.8) is 0 Å². The van der Waals surface area contributed by atoms with Gasteiger partial charge in [-0.05, 0) is 30.9 Å². The number of carbonyl (C=O) groups excluding carboxylic acids is 2. The Morgan fingerprint density at radius 2 is 1.93 bits per heavy atom. The Morgan fingerprint density at radius 3 is 2.72 bits per heavy atom. The number of rotatable bonds is 4. The van der Waals surface area contributed by atoms with Gasteiger partial charge in [-0.2, -0.15) is 0 Å². The first-order valence-corrected chi connectivity index (χ1v) is 10.2. The Labute approximate surface area is 170 Å². The third-order valence-electron chi connectivity index (χ3n) is 5.73. The van der Waals surface area contributed by atoms with Crippen molar-refractivity contribution in [2.45, 2.75) is 26.3 Å². The van der Waals surface area contributed by atoms with E-state index in [4.69, 9.17) is 4.74 Å². The van der Waals surface area contributed by atoms with Crippen molar-refractivity contribution in [2.75, 3.05) is 39.4 Å². The van der Waals surface area contributed by atoms with Crippen LogP contribution in [0.2, 0.25) is 0 Å². The highest BCUT2D eigenvalue weighted by Gasteiger charge is 2.32. The Kier molecular flexibility index (Phi) is 5.89. The van der Waals surface area contributed by atoms with E-state index in [1.165, 1.54) is 5.56 Å². The molecule has 0 radical (unpaired) electrons. The second kappa shape index (κ2) is 8.73. The predicted molar refractivity (Wildman–Crippen MR) is 106 cm³/mol. The number of likely N-dealkylation sites (tertiary alicyclic amines) is 1. The summed E-state index contributed by atoms with van der Waals surface area (Å²) in [5.74, 6) is -0.165. The minimum Gasteiger partial charge on any atom is -0.378 e. The van der Waals surface area contributed by atoms with Crippen LogP contribution in [0.25, 0.3) is 0 Å². The number of hydrogen-bond acceptors (Lipinski definition) is 5. The number of amides is 2. The summed E-state index contributed by atoms with van der Waals surface area (Å²) < 4.78 is 7.02. The van der Waals surface area contributed by atoms with E-state index >= 15 is 0 Å². The number of nitrogens with zero attached hydrogens (tertiary/aromatic N) is 5. The fraction of sp³-hybridized carbons (Fsp3) is 0.524. The van der Waals surface area contributed by atoms with Gasteiger partial charge in [-0.1, -0.05) is 29.5 Å². The molecule has 2 fully saturated rings. The number of aryl methyl sites for hydroxylation is 1. The van der Waals surface area contributed by atoms with Gasteiger partial charge >= 0.3 is 0 Å². The number of hydrogen-bond donors (Lipinski definition) is 0. The summed E-state index contributed by atoms with van der Waals surface area (Å²) >= 11 is 0. The largest absolute Gasteiger partial charge is 0.378 e. The molecule has 2 saturated heterocycles. The summed E-state index contributed by atoms with van der Waals surface area (Å²) in [5, 5.41) is 8.21. The van der Waals surface area contributed by atoms with Crippen LogP contribution in [0.5, 0.6) is 0 Å². The van der Waals surface area contributed by atoms with E-state index in [-0.39, 0.29) is 17.7 Å². The Hall–Kier alpha value is -2.74. The molecule has 1 aromatic carbocycles. The number of benzene rings is 1. The topological polar surface area (TPSA) is 80.6 Å². The number of carbonyl (C=O) groups is 2. The molecule has 8 heteroatoms. The maximum atomic E-state index is 12.9. The monoisotopic (exact) mass is 397 g/mol. The molecule has 3 heterocycles. The second-order valence-corrected chi connectivity index (χ2v) is 7.76. The fourth-order valence-corrected chi connectivity index (χ4v) is 4.00. The number of piperidine rings is 1. The smallest absolute Gasteiger partial charge is 0.276 e. The molecule has 0 bridgehead atoms. The number of ether oxygens (including phenoxy) is 1. The van der Waals surface area contributed by atoms with Gasteiger partial charge in [0.15, 0.2) is 5.69 Å². The molecule has 0 aliphatic carbocycles. The molecule has 1 aromatic heterocycles. The van der Waals surface area contributed by atoms with E-state index in [2.05, 4.69) is 23.3 Å². The molecule has 2 aliphatic heterocycles. The molecule has 2 aromatic rings. The minimum absolute atomic E-state index is 0.133. The normalized spacial score (nSPS) is 20.0. The molecule has 2 aliphatic rings. The van der Waals surface area contributed by atoms with Crippen molar-refractivity contribution in [2.24, 2.45) is 5.92 Å². The molecule has 29 heavy (non-hydrogen) atoms. The summed E-state index contributed by atoms with van der Waals surface area (Å²) in [7, 11) is 0. The van der Waals surface area contributed by atoms with E-state index < -0.39 is 0 Å². The van der Waals surface area contributed by atoms with Gasteiger partial charge in [-0.3, -0.25) is 9.59 Å². The first-order chi connectivity index (χ1) is 14.1. The lowest BCUT2D eigenvalue weighted by molar-refractivity contribution is -0.141. The molecule has 0 N–H and O–H groups in total. The highest BCUT2D eigenvalue weighted by Crippen LogP contribution is 2.21. The molecule has 1 atom stereocenters. The van der Waals surface area contributed by atoms with Gasteiger partial charge in [-0.15, -0.1) is 5.10 Å². The van der Waals surface area contributed by atoms with Crippen molar-refractivity contribution >= 4 is 11.8 Å². The lowest BCUT2D eigenvalue weighted by Crippen LogP contribution is -2.49. The maximum Gasteiger partial charge on any atom is 0.276 e. The van der Waals surface area contributed by atoms with Crippen LogP contribution < -0.4 is 0 Å². The zero-order valence-electron chi connectivity index (χ0n) is 16.8. The van der Waals surface area contributed by atoms with Gasteiger partial charge < -0.3 is 14.5 Å². The van der Waals surface area contributed by atoms with E-state index in [0.29, 0.717) is 51.6 Å². The van der Waals surface area contributed by atoms with Crippen LogP contribution in [0.15, 0.2) is 30.5 Å². The molecule has 2 amide bonds. The third-order valence-corrected chi connectivity index (χ3v) is 5.73. The minimum atomic E-state index is -0.152. The van der Waals surface area contributed by atoms with Gasteiger partial charge in [0.2, 0.25) is 5.91 Å². The predicted octanol–water partition coefficient (Wildman–Crippen LogP) is 1.35. The van der Waals surface area contributed by atoms with E-state index in [0.717, 1.165) is 18.4 Å². The molecule has 154 valence electrons. The van der Waals surface area contributed by atoms with Crippen LogP contribution in [-0.4, -0.2) is 76.0 Å². The third kappa shape index (κ3) is 4.48. The maximum absolute atomic E-state index is 12.9. The number of morpholine rings is 1. The second-order valence-electron chi connectivity index (χ2n) is 7.76. The highest BCUT2D eigenvalue weighted by molar-refractivity contribution is 5.92. The zero-order chi connectivity index (χ0) is 20.2. The van der Waals surface area contributed by atoms with Gasteiger partial charge in [0.25, 0.3) is 5.91 Å². The molecule has 0 spiro atoms. The summed E-state index contributed by atoms with van der Waals surface area (Å²) in [4.78, 5) is 29.3. The van der Waals surface area contributed by atoms with Crippen LogP contribution in [0.1, 0.15) is 34.5 Å². The van der Waals surface area contributed by atoms with Crippen molar-refractivity contribution < 1.29 is 14.3 Å². The van der Waals surface area contributed by atoms with E-state index in [9.17, 15) is 9.59 Å². The molecule has 8 nitrogen and oxygen atoms in total. The summed E-state index contributed by atoms with van der Waals surface area (Å²) in [6.45, 7) is 6.17. The summed E-state index contributed by atoms with van der Waals surface area (Å²) in [6.07, 6.45) is 3.34. The van der Waals surface area contributed by atoms with Gasteiger partial charge in [0, 0.05) is 26.2 Å². The molecule has 4 rings (SSSR count). The van der Waals surface area contributed by atoms with Crippen molar-refractivity contribution in [1.82, 2.24) is 24.8 Å². The van der Waals surface area contributed by atoms with Crippen molar-refractivity contribution in [1.29, 1.82) is 0 Å². The summed E-state index contributed by atoms with van der Waals surface area (Å²) in [6, 6.07) is 8.09. The first-order valence-electron chi connectivity index (χ1n) is 10.2. The van der Waals surface area contributed by atoms with Crippen molar-refractivity contribution in [3.05, 3.63) is 47.3 Å². The average Bonchev–Trinajstić information content (AvgIpc) is 3.23. The lowest BCUT2D eigenvalue weighted by atomic mass is 9.96. The molecular formula is C21H27N5O3. The van der Waals surface area contributed by atoms with Crippen LogP contribution in [-0.2, 0) is 16.1 Å². The lowest BCUT2D eigenvalue weighted by Gasteiger charge is -2.35. The average molecular weight is 397 g/mol. The fourth-order valence-electron chi connectivity index (χ4n) is 4.00. The van der Waals surface area contributed by atoms with E-state index in [1.807, 2.05) is 23.1 Å². The molecule has 0 unspecified atom stereocenters. The van der Waals surface area contributed by atoms with Crippen molar-refractivity contribution in [3.8, 4) is 0 Å². The zero-order valence-corrected chi connectivity index (χ0v) is 16.8. The Balaban J connectivity index is 1.39. The number of aromatic nitrogens is 3. The first kappa shape index (κ1) is 19.6. The Morgan fingerprint density at radius 1 is 1.14 bits per heavy atom. The highest BCUT2D eigenvalue weighted by atomic mass is 16.5. The van der Waals surface area contributed by atoms with Crippen LogP contribution in [0.4, 0.5) is 0 Å². The standard InChI is InChI=1S/C21H27N5O3/c1-16-5-2-3-6-17(16)14-26-15-19(22-23-26)21(28)25-8-4-7-18(13-25)20(27)24-9-11-29-12-10-24/h2-3,5-6,15,18H,4,7-14H2,1H3/t18-/m0/s1. The van der Waals surface area contributed by atoms with Crippen LogP contribution in [0.3, 0.4) is 0 Å².